The number of aromatic nitrogens is 4. The van der Waals surface area contributed by atoms with Gasteiger partial charge in [-0.05, 0) is 78.6 Å². The molecule has 3 N–H and O–H groups in total. The molecule has 3 aromatic carbocycles. The minimum atomic E-state index is 0.759. The Kier molecular flexibility index (Phi) is 6.27. The second-order valence-corrected chi connectivity index (χ2v) is 11.6. The number of benzene rings is 3. The molecule has 0 unspecified atom stereocenters. The van der Waals surface area contributed by atoms with Gasteiger partial charge in [0, 0.05) is 62.7 Å². The number of pyridine rings is 1. The lowest BCUT2D eigenvalue weighted by Crippen LogP contribution is -2.12. The largest absolute Gasteiger partial charge is 0.353 e. The van der Waals surface area contributed by atoms with E-state index in [0.717, 1.165) is 52.0 Å². The molecule has 4 aromatic heterocycles. The summed E-state index contributed by atoms with van der Waals surface area (Å²) in [6, 6.07) is 30.2. The molecule has 0 saturated heterocycles. The standard InChI is InChI=1S/C34H29N5S/c1-21-13-31-29(15-27(21)25-14-24(19-36-20-25)18-35-17-23-7-4-3-5-8-23)34(39-38-31)32-16-28-26(9-6-10-30(28)37-32)33-12-11-22(2)40-33/h3-16,19-20,35,37H,17-18H2,1-2H3,(H,38,39). The minimum absolute atomic E-state index is 0.759. The zero-order chi connectivity index (χ0) is 27.1. The average Bonchev–Trinajstić information content (AvgIpc) is 3.71. The van der Waals surface area contributed by atoms with Gasteiger partial charge in [0.2, 0.25) is 0 Å². The number of hydrogen-bond donors (Lipinski definition) is 3. The monoisotopic (exact) mass is 539 g/mol. The Bertz CT molecular complexity index is 1960. The molecule has 40 heavy (non-hydrogen) atoms. The van der Waals surface area contributed by atoms with E-state index in [1.165, 1.54) is 37.4 Å². The Morgan fingerprint density at radius 2 is 1.62 bits per heavy atom. The number of rotatable bonds is 7. The van der Waals surface area contributed by atoms with Gasteiger partial charge in [0.05, 0.1) is 11.2 Å². The SMILES string of the molecule is Cc1ccc(-c2cccc3[nH]c(-c4n[nH]c5cc(C)c(-c6cncc(CNCc7ccccc7)c6)cc45)cc23)s1. The first-order chi connectivity index (χ1) is 19.6. The predicted molar refractivity (Wildman–Crippen MR) is 166 cm³/mol. The summed E-state index contributed by atoms with van der Waals surface area (Å²) in [4.78, 5) is 10.8. The molecule has 0 amide bonds. The van der Waals surface area contributed by atoms with Gasteiger partial charge in [-0.25, -0.2) is 0 Å². The summed E-state index contributed by atoms with van der Waals surface area (Å²) >= 11 is 1.82. The van der Waals surface area contributed by atoms with Gasteiger partial charge in [-0.15, -0.1) is 11.3 Å². The molecule has 0 bridgehead atoms. The highest BCUT2D eigenvalue weighted by Crippen LogP contribution is 2.38. The van der Waals surface area contributed by atoms with Crippen molar-refractivity contribution in [3.05, 3.63) is 119 Å². The molecule has 0 spiro atoms. The van der Waals surface area contributed by atoms with Crippen molar-refractivity contribution < 1.29 is 0 Å². The summed E-state index contributed by atoms with van der Waals surface area (Å²) in [7, 11) is 0. The first-order valence-electron chi connectivity index (χ1n) is 13.5. The summed E-state index contributed by atoms with van der Waals surface area (Å²) in [5.41, 5.74) is 11.2. The van der Waals surface area contributed by atoms with E-state index < -0.39 is 0 Å². The molecule has 0 saturated carbocycles. The van der Waals surface area contributed by atoms with Crippen LogP contribution in [0.3, 0.4) is 0 Å². The Balaban J connectivity index is 1.22. The van der Waals surface area contributed by atoms with Gasteiger partial charge in [0.15, 0.2) is 0 Å². The maximum absolute atomic E-state index is 4.75. The van der Waals surface area contributed by atoms with Gasteiger partial charge in [-0.1, -0.05) is 42.5 Å². The van der Waals surface area contributed by atoms with E-state index in [4.69, 9.17) is 5.10 Å². The highest BCUT2D eigenvalue weighted by atomic mass is 32.1. The molecule has 4 heterocycles. The first-order valence-corrected chi connectivity index (χ1v) is 14.3. The maximum Gasteiger partial charge on any atom is 0.116 e. The molecule has 5 nitrogen and oxygen atoms in total. The molecule has 7 aromatic rings. The van der Waals surface area contributed by atoms with Gasteiger partial charge in [0.25, 0.3) is 0 Å². The third-order valence-electron chi connectivity index (χ3n) is 7.44. The lowest BCUT2D eigenvalue weighted by atomic mass is 9.98. The number of nitrogens with zero attached hydrogens (tertiary/aromatic N) is 2. The molecule has 0 atom stereocenters. The molecular formula is C34H29N5S. The van der Waals surface area contributed by atoms with Crippen LogP contribution < -0.4 is 5.32 Å². The van der Waals surface area contributed by atoms with Crippen LogP contribution in [0, 0.1) is 13.8 Å². The van der Waals surface area contributed by atoms with Crippen LogP contribution in [0.4, 0.5) is 0 Å². The lowest BCUT2D eigenvalue weighted by molar-refractivity contribution is 0.691. The van der Waals surface area contributed by atoms with Gasteiger partial charge >= 0.3 is 0 Å². The molecule has 0 fully saturated rings. The highest BCUT2D eigenvalue weighted by molar-refractivity contribution is 7.15. The molecule has 7 rings (SSSR count). The number of fused-ring (bicyclic) bond motifs is 2. The third kappa shape index (κ3) is 4.62. The number of nitrogens with one attached hydrogen (secondary N) is 3. The van der Waals surface area contributed by atoms with Gasteiger partial charge in [0.1, 0.15) is 5.69 Å². The van der Waals surface area contributed by atoms with Crippen molar-refractivity contribution >= 4 is 33.1 Å². The Hall–Kier alpha value is -4.52. The van der Waals surface area contributed by atoms with Gasteiger partial charge < -0.3 is 10.3 Å². The number of thiophene rings is 1. The molecule has 0 aliphatic carbocycles. The van der Waals surface area contributed by atoms with E-state index in [0.29, 0.717) is 0 Å². The van der Waals surface area contributed by atoms with Gasteiger partial charge in [-0.3, -0.25) is 10.1 Å². The number of hydrogen-bond acceptors (Lipinski definition) is 4. The fraction of sp³-hybridized carbons (Fsp3) is 0.118. The normalized spacial score (nSPS) is 11.6. The quantitative estimate of drug-likeness (QED) is 0.190. The van der Waals surface area contributed by atoms with E-state index >= 15 is 0 Å². The summed E-state index contributed by atoms with van der Waals surface area (Å²) in [6.45, 7) is 5.88. The van der Waals surface area contributed by atoms with Crippen molar-refractivity contribution in [2.24, 2.45) is 0 Å². The van der Waals surface area contributed by atoms with Crippen LogP contribution in [0.15, 0.2) is 97.3 Å². The first kappa shape index (κ1) is 24.5. The predicted octanol–water partition coefficient (Wildman–Crippen LogP) is 8.41. The molecule has 0 radical (unpaired) electrons. The summed E-state index contributed by atoms with van der Waals surface area (Å²) in [5, 5.41) is 13.9. The highest BCUT2D eigenvalue weighted by Gasteiger charge is 2.16. The molecular weight excluding hydrogens is 510 g/mol. The van der Waals surface area contributed by atoms with Crippen LogP contribution >= 0.6 is 11.3 Å². The summed E-state index contributed by atoms with van der Waals surface area (Å²) in [5.74, 6) is 0. The molecule has 196 valence electrons. The van der Waals surface area contributed by atoms with E-state index in [1.54, 1.807) is 0 Å². The fourth-order valence-corrected chi connectivity index (χ4v) is 6.35. The molecule has 6 heteroatoms. The number of aromatic amines is 2. The van der Waals surface area contributed by atoms with E-state index in [2.05, 4.69) is 113 Å². The van der Waals surface area contributed by atoms with Crippen molar-refractivity contribution in [3.8, 4) is 33.0 Å². The second kappa shape index (κ2) is 10.2. The minimum Gasteiger partial charge on any atom is -0.353 e. The number of aryl methyl sites for hydroxylation is 2. The van der Waals surface area contributed by atoms with Crippen molar-refractivity contribution in [1.82, 2.24) is 25.5 Å². The van der Waals surface area contributed by atoms with Crippen LogP contribution in [0.5, 0.6) is 0 Å². The van der Waals surface area contributed by atoms with Crippen LogP contribution in [0.25, 0.3) is 54.8 Å². The zero-order valence-electron chi connectivity index (χ0n) is 22.5. The van der Waals surface area contributed by atoms with Crippen LogP contribution in [-0.4, -0.2) is 20.2 Å². The van der Waals surface area contributed by atoms with E-state index in [1.807, 2.05) is 29.8 Å². The van der Waals surface area contributed by atoms with Crippen molar-refractivity contribution in [3.63, 3.8) is 0 Å². The molecule has 0 aliphatic rings. The zero-order valence-corrected chi connectivity index (χ0v) is 23.3. The summed E-state index contributed by atoms with van der Waals surface area (Å²) in [6.07, 6.45) is 3.89. The maximum atomic E-state index is 4.75. The molecule has 0 aliphatic heterocycles. The summed E-state index contributed by atoms with van der Waals surface area (Å²) < 4.78 is 0. The average molecular weight is 540 g/mol. The Labute approximate surface area is 236 Å². The topological polar surface area (TPSA) is 69.4 Å². The lowest BCUT2D eigenvalue weighted by Gasteiger charge is -2.10. The van der Waals surface area contributed by atoms with Crippen LogP contribution in [-0.2, 0) is 13.1 Å². The Morgan fingerprint density at radius 1 is 0.750 bits per heavy atom. The van der Waals surface area contributed by atoms with Crippen molar-refractivity contribution in [2.45, 2.75) is 26.9 Å². The van der Waals surface area contributed by atoms with Gasteiger partial charge in [-0.2, -0.15) is 5.10 Å². The van der Waals surface area contributed by atoms with Crippen molar-refractivity contribution in [2.75, 3.05) is 0 Å². The third-order valence-corrected chi connectivity index (χ3v) is 8.47. The Morgan fingerprint density at radius 3 is 2.48 bits per heavy atom. The fourth-order valence-electron chi connectivity index (χ4n) is 5.44. The smallest absolute Gasteiger partial charge is 0.116 e. The van der Waals surface area contributed by atoms with Crippen LogP contribution in [0.1, 0.15) is 21.6 Å². The second-order valence-electron chi connectivity index (χ2n) is 10.3. The van der Waals surface area contributed by atoms with Crippen molar-refractivity contribution in [1.29, 1.82) is 0 Å². The number of H-pyrrole nitrogens is 2. The van der Waals surface area contributed by atoms with E-state index in [9.17, 15) is 0 Å². The van der Waals surface area contributed by atoms with Crippen LogP contribution in [0.2, 0.25) is 0 Å². The van der Waals surface area contributed by atoms with E-state index in [-0.39, 0.29) is 0 Å².